The van der Waals surface area contributed by atoms with Gasteiger partial charge in [0.1, 0.15) is 6.04 Å². The highest BCUT2D eigenvalue weighted by atomic mass is 32.1. The number of thiocarbonyl (C=S) groups is 1. The number of nitrogens with two attached hydrogens (primary N) is 1. The predicted octanol–water partition coefficient (Wildman–Crippen LogP) is 1.21. The number of carbonyl (C=O) groups is 2. The number of hydrogen-bond donors (Lipinski definition) is 2. The van der Waals surface area contributed by atoms with Gasteiger partial charge in [0.2, 0.25) is 11.8 Å². The van der Waals surface area contributed by atoms with Crippen LogP contribution >= 0.6 is 12.2 Å². The van der Waals surface area contributed by atoms with E-state index in [4.69, 9.17) is 18.0 Å². The minimum absolute atomic E-state index is 0.0279. The van der Waals surface area contributed by atoms with Crippen LogP contribution in [0.4, 0.5) is 0 Å². The number of nitrogens with zero attached hydrogens (tertiary/aromatic N) is 1. The maximum Gasteiger partial charge on any atom is 0.244 e. The molecule has 0 radical (unpaired) electrons. The molecular formula is C14H25N3O2S. The van der Waals surface area contributed by atoms with Crippen molar-refractivity contribution in [3.8, 4) is 0 Å². The standard InChI is InChI=1S/C14H25N3O2S/c1-4-14(5-2,12(15)20)13(19)16-10(3)11(18)17-8-6-7-9-17/h10H,4-9H2,1-3H3,(H2,15,20)(H,16,19). The van der Waals surface area contributed by atoms with Gasteiger partial charge >= 0.3 is 0 Å². The smallest absolute Gasteiger partial charge is 0.244 e. The topological polar surface area (TPSA) is 75.4 Å². The van der Waals surface area contributed by atoms with E-state index >= 15 is 0 Å². The van der Waals surface area contributed by atoms with E-state index in [1.54, 1.807) is 11.8 Å². The molecule has 3 N–H and O–H groups in total. The van der Waals surface area contributed by atoms with Gasteiger partial charge in [0.25, 0.3) is 0 Å². The van der Waals surface area contributed by atoms with Crippen molar-refractivity contribution in [2.75, 3.05) is 13.1 Å². The first kappa shape index (κ1) is 16.9. The summed E-state index contributed by atoms with van der Waals surface area (Å²) >= 11 is 5.05. The number of nitrogens with one attached hydrogen (secondary N) is 1. The molecule has 1 unspecified atom stereocenters. The zero-order chi connectivity index (χ0) is 15.3. The van der Waals surface area contributed by atoms with E-state index in [1.165, 1.54) is 0 Å². The fourth-order valence-electron chi connectivity index (χ4n) is 2.64. The first-order valence-corrected chi connectivity index (χ1v) is 7.69. The van der Waals surface area contributed by atoms with Crippen LogP contribution in [0.15, 0.2) is 0 Å². The van der Waals surface area contributed by atoms with Crippen LogP contribution in [-0.2, 0) is 9.59 Å². The Labute approximate surface area is 126 Å². The molecule has 1 atom stereocenters. The van der Waals surface area contributed by atoms with Crippen molar-refractivity contribution in [1.29, 1.82) is 0 Å². The molecule has 1 heterocycles. The number of rotatable bonds is 6. The Hall–Kier alpha value is -1.17. The summed E-state index contributed by atoms with van der Waals surface area (Å²) in [5.74, 6) is -0.269. The number of likely N-dealkylation sites (tertiary alicyclic amines) is 1. The normalized spacial score (nSPS) is 16.9. The second kappa shape index (κ2) is 7.02. The molecule has 1 aliphatic heterocycles. The first-order chi connectivity index (χ1) is 9.39. The summed E-state index contributed by atoms with van der Waals surface area (Å²) in [6, 6.07) is -0.535. The average molecular weight is 299 g/mol. The van der Waals surface area contributed by atoms with Gasteiger partial charge in [-0.3, -0.25) is 9.59 Å². The Kier molecular flexibility index (Phi) is 5.92. The van der Waals surface area contributed by atoms with Crippen molar-refractivity contribution >= 4 is 29.0 Å². The van der Waals surface area contributed by atoms with Crippen LogP contribution in [0, 0.1) is 5.41 Å². The zero-order valence-electron chi connectivity index (χ0n) is 12.6. The van der Waals surface area contributed by atoms with Crippen molar-refractivity contribution in [2.24, 2.45) is 11.1 Å². The molecule has 0 aliphatic carbocycles. The monoisotopic (exact) mass is 299 g/mol. The van der Waals surface area contributed by atoms with Gasteiger partial charge < -0.3 is 16.0 Å². The van der Waals surface area contributed by atoms with E-state index in [0.717, 1.165) is 25.9 Å². The Morgan fingerprint density at radius 3 is 2.20 bits per heavy atom. The van der Waals surface area contributed by atoms with Crippen molar-refractivity contribution in [1.82, 2.24) is 10.2 Å². The van der Waals surface area contributed by atoms with E-state index in [0.29, 0.717) is 12.8 Å². The van der Waals surface area contributed by atoms with Crippen LogP contribution in [0.5, 0.6) is 0 Å². The molecule has 1 rings (SSSR count). The maximum atomic E-state index is 12.4. The number of amides is 2. The molecule has 1 aliphatic rings. The highest BCUT2D eigenvalue weighted by molar-refractivity contribution is 7.80. The molecule has 1 fully saturated rings. The van der Waals surface area contributed by atoms with Crippen LogP contribution in [0.2, 0.25) is 0 Å². The molecule has 2 amide bonds. The van der Waals surface area contributed by atoms with Crippen LogP contribution in [-0.4, -0.2) is 40.8 Å². The van der Waals surface area contributed by atoms with Crippen LogP contribution < -0.4 is 11.1 Å². The van der Waals surface area contributed by atoms with Crippen molar-refractivity contribution in [3.63, 3.8) is 0 Å². The van der Waals surface area contributed by atoms with E-state index in [2.05, 4.69) is 5.32 Å². The molecule has 1 saturated heterocycles. The minimum Gasteiger partial charge on any atom is -0.392 e. The lowest BCUT2D eigenvalue weighted by Crippen LogP contribution is -2.54. The zero-order valence-corrected chi connectivity index (χ0v) is 13.4. The lowest BCUT2D eigenvalue weighted by atomic mass is 9.81. The molecule has 0 bridgehead atoms. The Morgan fingerprint density at radius 2 is 1.80 bits per heavy atom. The van der Waals surface area contributed by atoms with Gasteiger partial charge in [-0.15, -0.1) is 0 Å². The maximum absolute atomic E-state index is 12.4. The third kappa shape index (κ3) is 3.29. The molecule has 0 aromatic rings. The highest BCUT2D eigenvalue weighted by Crippen LogP contribution is 2.27. The van der Waals surface area contributed by atoms with E-state index in [-0.39, 0.29) is 16.8 Å². The summed E-state index contributed by atoms with van der Waals surface area (Å²) < 4.78 is 0. The van der Waals surface area contributed by atoms with Gasteiger partial charge in [0.15, 0.2) is 0 Å². The lowest BCUT2D eigenvalue weighted by Gasteiger charge is -2.31. The molecule has 0 aromatic heterocycles. The predicted molar refractivity (Wildman–Crippen MR) is 83.2 cm³/mol. The van der Waals surface area contributed by atoms with Gasteiger partial charge in [-0.2, -0.15) is 0 Å². The van der Waals surface area contributed by atoms with Crippen LogP contribution in [0.25, 0.3) is 0 Å². The van der Waals surface area contributed by atoms with Crippen molar-refractivity contribution < 1.29 is 9.59 Å². The second-order valence-corrected chi connectivity index (χ2v) is 5.82. The molecule has 0 spiro atoms. The largest absolute Gasteiger partial charge is 0.392 e. The number of hydrogen-bond acceptors (Lipinski definition) is 3. The summed E-state index contributed by atoms with van der Waals surface area (Å²) in [6.07, 6.45) is 3.14. The molecule has 0 aromatic carbocycles. The average Bonchev–Trinajstić information content (AvgIpc) is 2.93. The van der Waals surface area contributed by atoms with Gasteiger partial charge in [0, 0.05) is 13.1 Å². The summed E-state index contributed by atoms with van der Waals surface area (Å²) in [4.78, 5) is 26.6. The minimum atomic E-state index is -0.852. The molecule has 5 nitrogen and oxygen atoms in total. The molecule has 20 heavy (non-hydrogen) atoms. The second-order valence-electron chi connectivity index (χ2n) is 5.38. The third-order valence-electron chi connectivity index (χ3n) is 4.25. The molecule has 0 saturated carbocycles. The van der Waals surface area contributed by atoms with E-state index in [9.17, 15) is 9.59 Å². The van der Waals surface area contributed by atoms with Crippen LogP contribution in [0.3, 0.4) is 0 Å². The summed E-state index contributed by atoms with van der Waals surface area (Å²) in [5.41, 5.74) is 4.89. The Bertz CT molecular complexity index is 388. The van der Waals surface area contributed by atoms with Crippen molar-refractivity contribution in [3.05, 3.63) is 0 Å². The van der Waals surface area contributed by atoms with Gasteiger partial charge in [0.05, 0.1) is 10.4 Å². The van der Waals surface area contributed by atoms with E-state index in [1.807, 2.05) is 13.8 Å². The summed E-state index contributed by atoms with van der Waals surface area (Å²) in [6.45, 7) is 7.04. The van der Waals surface area contributed by atoms with Gasteiger partial charge in [-0.25, -0.2) is 0 Å². The first-order valence-electron chi connectivity index (χ1n) is 7.28. The van der Waals surface area contributed by atoms with Crippen LogP contribution in [0.1, 0.15) is 46.5 Å². The van der Waals surface area contributed by atoms with E-state index < -0.39 is 11.5 Å². The Morgan fingerprint density at radius 1 is 1.30 bits per heavy atom. The molecular weight excluding hydrogens is 274 g/mol. The Balaban J connectivity index is 2.72. The number of carbonyl (C=O) groups excluding carboxylic acids is 2. The van der Waals surface area contributed by atoms with Crippen molar-refractivity contribution in [2.45, 2.75) is 52.5 Å². The van der Waals surface area contributed by atoms with Gasteiger partial charge in [-0.05, 0) is 32.6 Å². The summed E-state index contributed by atoms with van der Waals surface area (Å²) in [7, 11) is 0. The third-order valence-corrected chi connectivity index (χ3v) is 4.64. The lowest BCUT2D eigenvalue weighted by molar-refractivity contribution is -0.137. The summed E-state index contributed by atoms with van der Waals surface area (Å²) in [5, 5.41) is 2.78. The molecule has 6 heteroatoms. The molecule has 114 valence electrons. The fourth-order valence-corrected chi connectivity index (χ4v) is 3.02. The fraction of sp³-hybridized carbons (Fsp3) is 0.786. The SMILES string of the molecule is CCC(CC)(C(=O)NC(C)C(=O)N1CCCC1)C(N)=S. The highest BCUT2D eigenvalue weighted by Gasteiger charge is 2.39. The quantitative estimate of drug-likeness (QED) is 0.723. The van der Waals surface area contributed by atoms with Gasteiger partial charge in [-0.1, -0.05) is 26.1 Å².